The molecule has 1 saturated heterocycles. The largest absolute Gasteiger partial charge is 0.490 e. The molecule has 180 valence electrons. The van der Waals surface area contributed by atoms with Gasteiger partial charge in [-0.15, -0.1) is 0 Å². The van der Waals surface area contributed by atoms with Crippen molar-refractivity contribution in [3.8, 4) is 22.6 Å². The van der Waals surface area contributed by atoms with E-state index in [-0.39, 0.29) is 5.69 Å². The molecule has 34 heavy (non-hydrogen) atoms. The molecule has 0 aliphatic carbocycles. The summed E-state index contributed by atoms with van der Waals surface area (Å²) in [7, 11) is 0. The van der Waals surface area contributed by atoms with Crippen LogP contribution in [0.1, 0.15) is 16.2 Å². The summed E-state index contributed by atoms with van der Waals surface area (Å²) in [4.78, 5) is 38.2. The highest BCUT2D eigenvalue weighted by atomic mass is 19.4. The monoisotopic (exact) mass is 479 g/mol. The zero-order valence-electron chi connectivity index (χ0n) is 17.8. The Morgan fingerprint density at radius 3 is 2.38 bits per heavy atom. The summed E-state index contributed by atoms with van der Waals surface area (Å²) < 4.78 is 37.1. The van der Waals surface area contributed by atoms with Crippen LogP contribution in [0.2, 0.25) is 0 Å². The lowest BCUT2D eigenvalue weighted by Crippen LogP contribution is -2.36. The first-order valence-corrected chi connectivity index (χ1v) is 9.91. The fraction of sp³-hybridized carbons (Fsp3) is 0.286. The number of aryl methyl sites for hydroxylation is 1. The first-order chi connectivity index (χ1) is 16.1. The number of hydrogen-bond acceptors (Lipinski definition) is 7. The zero-order chi connectivity index (χ0) is 24.9. The van der Waals surface area contributed by atoms with Gasteiger partial charge in [0, 0.05) is 36.7 Å². The number of carbonyl (C=O) groups is 2. The molecule has 3 aromatic heterocycles. The number of aromatic nitrogens is 4. The maximum absolute atomic E-state index is 11.2. The average Bonchev–Trinajstić information content (AvgIpc) is 3.22. The Hall–Kier alpha value is -4.00. The van der Waals surface area contributed by atoms with Crippen molar-refractivity contribution in [2.75, 3.05) is 31.2 Å². The van der Waals surface area contributed by atoms with Crippen molar-refractivity contribution < 1.29 is 37.7 Å². The molecule has 0 saturated carbocycles. The van der Waals surface area contributed by atoms with E-state index >= 15 is 0 Å². The van der Waals surface area contributed by atoms with Crippen LogP contribution in [0.3, 0.4) is 0 Å². The molecule has 13 heteroatoms. The summed E-state index contributed by atoms with van der Waals surface area (Å²) in [6.07, 6.45) is 0.259. The van der Waals surface area contributed by atoms with Crippen LogP contribution in [-0.2, 0) is 9.53 Å². The van der Waals surface area contributed by atoms with Crippen molar-refractivity contribution in [1.29, 1.82) is 0 Å². The average molecular weight is 479 g/mol. The summed E-state index contributed by atoms with van der Waals surface area (Å²) in [5.41, 5.74) is 4.04. The van der Waals surface area contributed by atoms with Crippen LogP contribution in [0, 0.1) is 6.92 Å². The molecule has 0 radical (unpaired) electrons. The van der Waals surface area contributed by atoms with Gasteiger partial charge in [-0.05, 0) is 30.7 Å². The molecule has 1 aliphatic heterocycles. The summed E-state index contributed by atoms with van der Waals surface area (Å²) in [5.74, 6) is -3.38. The summed E-state index contributed by atoms with van der Waals surface area (Å²) in [5, 5.41) is 16.3. The maximum atomic E-state index is 11.2. The molecule has 4 heterocycles. The van der Waals surface area contributed by atoms with Crippen molar-refractivity contribution in [3.63, 3.8) is 0 Å². The lowest BCUT2D eigenvalue weighted by Gasteiger charge is -2.28. The number of imidazole rings is 1. The Morgan fingerprint density at radius 1 is 1.12 bits per heavy atom. The van der Waals surface area contributed by atoms with Gasteiger partial charge in [-0.25, -0.2) is 14.6 Å². The molecule has 4 rings (SSSR count). The number of carboxylic acid groups (broad SMARTS) is 2. The predicted molar refractivity (Wildman–Crippen MR) is 113 cm³/mol. The van der Waals surface area contributed by atoms with Gasteiger partial charge in [0.25, 0.3) is 0 Å². The number of H-pyrrole nitrogens is 1. The number of nitrogens with zero attached hydrogens (tertiary/aromatic N) is 4. The number of rotatable bonds is 4. The number of halogens is 3. The number of aromatic carboxylic acids is 1. The Morgan fingerprint density at radius 2 is 1.79 bits per heavy atom. The van der Waals surface area contributed by atoms with Crippen LogP contribution in [0.5, 0.6) is 0 Å². The minimum atomic E-state index is -5.08. The molecule has 1 aliphatic rings. The lowest BCUT2D eigenvalue weighted by molar-refractivity contribution is -0.192. The van der Waals surface area contributed by atoms with Gasteiger partial charge in [-0.1, -0.05) is 0 Å². The van der Waals surface area contributed by atoms with Crippen molar-refractivity contribution in [2.24, 2.45) is 0 Å². The van der Waals surface area contributed by atoms with E-state index in [0.29, 0.717) is 30.4 Å². The number of pyridine rings is 2. The third kappa shape index (κ3) is 6.07. The summed E-state index contributed by atoms with van der Waals surface area (Å²) in [6.45, 7) is 4.80. The molecule has 3 N–H and O–H groups in total. The van der Waals surface area contributed by atoms with Crippen LogP contribution in [0.25, 0.3) is 22.6 Å². The van der Waals surface area contributed by atoms with Crippen molar-refractivity contribution >= 4 is 17.6 Å². The Balaban J connectivity index is 0.000000406. The molecule has 3 aromatic rings. The van der Waals surface area contributed by atoms with Crippen molar-refractivity contribution in [2.45, 2.75) is 13.1 Å². The van der Waals surface area contributed by atoms with Gasteiger partial charge in [0.2, 0.25) is 0 Å². The number of hydrogen-bond donors (Lipinski definition) is 3. The SMILES string of the molecule is Cc1[nH]c(-c2cc(-c3cncc(N4CCOCC4)c3)ccn2)nc1C(=O)O.O=C(O)C(F)(F)F. The van der Waals surface area contributed by atoms with Crippen LogP contribution in [0.4, 0.5) is 18.9 Å². The van der Waals surface area contributed by atoms with Crippen molar-refractivity contribution in [3.05, 3.63) is 48.2 Å². The highest BCUT2D eigenvalue weighted by molar-refractivity contribution is 5.87. The summed E-state index contributed by atoms with van der Waals surface area (Å²) >= 11 is 0. The van der Waals surface area contributed by atoms with Gasteiger partial charge < -0.3 is 24.8 Å². The number of morpholine rings is 1. The molecular weight excluding hydrogens is 459 g/mol. The van der Waals surface area contributed by atoms with Crippen molar-refractivity contribution in [1.82, 2.24) is 19.9 Å². The molecule has 1 fully saturated rings. The molecular formula is C21H20F3N5O5. The molecule has 10 nitrogen and oxygen atoms in total. The fourth-order valence-electron chi connectivity index (χ4n) is 3.11. The molecule has 0 bridgehead atoms. The number of ether oxygens (including phenoxy) is 1. The third-order valence-electron chi connectivity index (χ3n) is 4.77. The maximum Gasteiger partial charge on any atom is 0.490 e. The number of nitrogens with one attached hydrogen (secondary N) is 1. The predicted octanol–water partition coefficient (Wildman–Crippen LogP) is 3.01. The highest BCUT2D eigenvalue weighted by Crippen LogP contribution is 2.27. The van der Waals surface area contributed by atoms with E-state index in [0.717, 1.165) is 29.9 Å². The standard InChI is InChI=1S/C19H19N5O3.C2HF3O2/c1-12-17(19(25)26)23-18(22-12)16-9-13(2-3-21-16)14-8-15(11-20-10-14)24-4-6-27-7-5-24;3-2(4,5)1(6)7/h2-3,8-11H,4-7H2,1H3,(H,22,23)(H,25,26);(H,6,7). The van der Waals surface area contributed by atoms with Crippen LogP contribution in [0.15, 0.2) is 36.8 Å². The Bertz CT molecular complexity index is 1180. The minimum Gasteiger partial charge on any atom is -0.476 e. The van der Waals surface area contributed by atoms with Gasteiger partial charge in [0.05, 0.1) is 25.1 Å². The van der Waals surface area contributed by atoms with Gasteiger partial charge in [-0.3, -0.25) is 9.97 Å². The van der Waals surface area contributed by atoms with E-state index in [1.807, 2.05) is 18.3 Å². The fourth-order valence-corrected chi connectivity index (χ4v) is 3.11. The Kier molecular flexibility index (Phi) is 7.46. The second kappa shape index (κ2) is 10.3. The van der Waals surface area contributed by atoms with Gasteiger partial charge >= 0.3 is 18.1 Å². The van der Waals surface area contributed by atoms with Gasteiger partial charge in [0.1, 0.15) is 5.69 Å². The first-order valence-electron chi connectivity index (χ1n) is 9.91. The number of alkyl halides is 3. The van der Waals surface area contributed by atoms with E-state index < -0.39 is 18.1 Å². The summed E-state index contributed by atoms with van der Waals surface area (Å²) in [6, 6.07) is 5.87. The highest BCUT2D eigenvalue weighted by Gasteiger charge is 2.38. The smallest absolute Gasteiger partial charge is 0.476 e. The number of aromatic amines is 1. The van der Waals surface area contributed by atoms with Gasteiger partial charge in [0.15, 0.2) is 11.5 Å². The van der Waals surface area contributed by atoms with Crippen LogP contribution < -0.4 is 4.90 Å². The normalized spacial score (nSPS) is 13.7. The molecule has 0 aromatic carbocycles. The van der Waals surface area contributed by atoms with Crippen LogP contribution >= 0.6 is 0 Å². The first kappa shape index (κ1) is 24.6. The molecule has 0 unspecified atom stereocenters. The molecule has 0 atom stereocenters. The van der Waals surface area contributed by atoms with E-state index in [2.05, 4.69) is 30.9 Å². The minimum absolute atomic E-state index is 0.00758. The van der Waals surface area contributed by atoms with E-state index in [9.17, 15) is 23.1 Å². The topological polar surface area (TPSA) is 142 Å². The third-order valence-corrected chi connectivity index (χ3v) is 4.77. The van der Waals surface area contributed by atoms with E-state index in [4.69, 9.17) is 14.6 Å². The second-order valence-corrected chi connectivity index (χ2v) is 7.13. The lowest BCUT2D eigenvalue weighted by atomic mass is 10.1. The Labute approximate surface area is 191 Å². The molecule has 0 spiro atoms. The molecule has 0 amide bonds. The number of carboxylic acids is 2. The van der Waals surface area contributed by atoms with E-state index in [1.165, 1.54) is 0 Å². The van der Waals surface area contributed by atoms with E-state index in [1.54, 1.807) is 19.3 Å². The van der Waals surface area contributed by atoms with Crippen LogP contribution in [-0.4, -0.2) is 74.6 Å². The van der Waals surface area contributed by atoms with Gasteiger partial charge in [-0.2, -0.15) is 13.2 Å². The zero-order valence-corrected chi connectivity index (χ0v) is 17.8. The quantitative estimate of drug-likeness (QED) is 0.515. The number of anilines is 1. The number of aliphatic carboxylic acids is 1. The second-order valence-electron chi connectivity index (χ2n) is 7.13.